The van der Waals surface area contributed by atoms with E-state index < -0.39 is 0 Å². The molecule has 0 N–H and O–H groups in total. The number of para-hydroxylation sites is 1. The second-order valence-corrected chi connectivity index (χ2v) is 2.84. The van der Waals surface area contributed by atoms with E-state index in [-0.39, 0.29) is 6.54 Å². The predicted octanol–water partition coefficient (Wildman–Crippen LogP) is 3.09. The van der Waals surface area contributed by atoms with Crippen LogP contribution >= 0.6 is 0 Å². The molecule has 1 heterocycles. The highest BCUT2D eigenvalue weighted by atomic mass is 16.3. The van der Waals surface area contributed by atoms with Crippen molar-refractivity contribution in [2.75, 3.05) is 6.54 Å². The molecule has 0 amide bonds. The van der Waals surface area contributed by atoms with Gasteiger partial charge in [0.05, 0.1) is 12.1 Å². The van der Waals surface area contributed by atoms with Crippen LogP contribution in [0, 0.1) is 11.8 Å². The largest absolute Gasteiger partial charge is 0.463 e. The number of furan rings is 1. The van der Waals surface area contributed by atoms with Crippen LogP contribution in [0.3, 0.4) is 0 Å². The maximum Gasteiger partial charge on any atom is 0.135 e. The van der Waals surface area contributed by atoms with Gasteiger partial charge >= 0.3 is 0 Å². The average Bonchev–Trinajstić information content (AvgIpc) is 2.68. The maximum absolute atomic E-state index is 8.07. The lowest BCUT2D eigenvalue weighted by Gasteiger charge is -1.85. The van der Waals surface area contributed by atoms with Crippen LogP contribution in [0.1, 0.15) is 5.56 Å². The van der Waals surface area contributed by atoms with Crippen molar-refractivity contribution in [1.82, 2.24) is 0 Å². The van der Waals surface area contributed by atoms with Crippen molar-refractivity contribution in [3.05, 3.63) is 46.5 Å². The molecule has 0 unspecified atom stereocenters. The predicted molar refractivity (Wildman–Crippen MR) is 57.1 cm³/mol. The van der Waals surface area contributed by atoms with E-state index in [1.807, 2.05) is 24.3 Å². The first-order chi connectivity index (χ1) is 7.42. The fourth-order valence-electron chi connectivity index (χ4n) is 1.28. The van der Waals surface area contributed by atoms with Crippen LogP contribution in [-0.2, 0) is 0 Å². The van der Waals surface area contributed by atoms with Crippen molar-refractivity contribution in [2.45, 2.75) is 0 Å². The normalized spacial score (nSPS) is 9.07. The molecule has 0 aliphatic rings. The Kier molecular flexibility index (Phi) is 2.59. The molecule has 0 bridgehead atoms. The van der Waals surface area contributed by atoms with Gasteiger partial charge in [-0.3, -0.25) is 0 Å². The molecule has 0 spiro atoms. The molecule has 2 rings (SSSR count). The van der Waals surface area contributed by atoms with Crippen LogP contribution in [-0.4, -0.2) is 6.54 Å². The molecule has 72 valence electrons. The van der Waals surface area contributed by atoms with Gasteiger partial charge in [0.1, 0.15) is 11.8 Å². The minimum absolute atomic E-state index is 0.177. The van der Waals surface area contributed by atoms with Crippen LogP contribution < -0.4 is 0 Å². The van der Waals surface area contributed by atoms with Crippen LogP contribution in [0.5, 0.6) is 0 Å². The molecule has 1 aromatic carbocycles. The van der Waals surface area contributed by atoms with Crippen LogP contribution in [0.25, 0.3) is 21.4 Å². The molecule has 0 saturated carbocycles. The molecule has 0 radical (unpaired) electrons. The third-order valence-corrected chi connectivity index (χ3v) is 1.92. The zero-order valence-corrected chi connectivity index (χ0v) is 7.84. The molecule has 2 aromatic rings. The van der Waals surface area contributed by atoms with Gasteiger partial charge in [-0.2, -0.15) is 0 Å². The van der Waals surface area contributed by atoms with Gasteiger partial charge in [-0.15, -0.1) is 0 Å². The molecular weight excluding hydrogens is 190 g/mol. The molecule has 4 heteroatoms. The van der Waals surface area contributed by atoms with Crippen LogP contribution in [0.4, 0.5) is 0 Å². The average molecular weight is 197 g/mol. The Morgan fingerprint density at radius 2 is 2.27 bits per heavy atom. The summed E-state index contributed by atoms with van der Waals surface area (Å²) in [5.74, 6) is 5.64. The summed E-state index contributed by atoms with van der Waals surface area (Å²) in [5, 5.41) is 4.31. The second-order valence-electron chi connectivity index (χ2n) is 2.84. The summed E-state index contributed by atoms with van der Waals surface area (Å²) in [4.78, 5) is 2.62. The van der Waals surface area contributed by atoms with E-state index in [1.54, 1.807) is 6.26 Å². The van der Waals surface area contributed by atoms with Gasteiger partial charge in [-0.05, 0) is 17.7 Å². The van der Waals surface area contributed by atoms with E-state index in [0.29, 0.717) is 0 Å². The summed E-state index contributed by atoms with van der Waals surface area (Å²) in [5.41, 5.74) is 9.70. The topological polar surface area (TPSA) is 61.9 Å². The molecule has 0 saturated heterocycles. The second kappa shape index (κ2) is 4.23. The van der Waals surface area contributed by atoms with Crippen molar-refractivity contribution in [3.8, 4) is 11.8 Å². The highest BCUT2D eigenvalue weighted by Gasteiger charge is 2.00. The van der Waals surface area contributed by atoms with Crippen molar-refractivity contribution in [2.24, 2.45) is 5.11 Å². The summed E-state index contributed by atoms with van der Waals surface area (Å²) >= 11 is 0. The van der Waals surface area contributed by atoms with E-state index in [4.69, 9.17) is 9.95 Å². The Morgan fingerprint density at radius 3 is 3.13 bits per heavy atom. The Labute approximate surface area is 86.1 Å². The Morgan fingerprint density at radius 1 is 1.40 bits per heavy atom. The van der Waals surface area contributed by atoms with Gasteiger partial charge in [0.2, 0.25) is 0 Å². The fraction of sp³-hybridized carbons (Fsp3) is 0.0909. The van der Waals surface area contributed by atoms with E-state index >= 15 is 0 Å². The number of benzene rings is 1. The highest BCUT2D eigenvalue weighted by Crippen LogP contribution is 2.19. The third-order valence-electron chi connectivity index (χ3n) is 1.92. The lowest BCUT2D eigenvalue weighted by Crippen LogP contribution is -1.72. The third kappa shape index (κ3) is 1.93. The summed E-state index contributed by atoms with van der Waals surface area (Å²) in [6, 6.07) is 7.66. The van der Waals surface area contributed by atoms with E-state index in [1.165, 1.54) is 0 Å². The van der Waals surface area contributed by atoms with E-state index in [0.717, 1.165) is 16.5 Å². The Bertz CT molecular complexity index is 582. The summed E-state index contributed by atoms with van der Waals surface area (Å²) in [7, 11) is 0. The molecule has 4 nitrogen and oxygen atoms in total. The summed E-state index contributed by atoms with van der Waals surface area (Å²) in [6.07, 6.45) is 1.60. The SMILES string of the molecule is [N-]=[N+]=NCC#Cc1coc2ccccc12. The van der Waals surface area contributed by atoms with Crippen molar-refractivity contribution in [1.29, 1.82) is 0 Å². The molecule has 0 atom stereocenters. The van der Waals surface area contributed by atoms with Crippen LogP contribution in [0.2, 0.25) is 0 Å². The van der Waals surface area contributed by atoms with Gasteiger partial charge in [-0.25, -0.2) is 0 Å². The Hall–Kier alpha value is -2.37. The molecular formula is C11H7N3O. The molecule has 1 aromatic heterocycles. The number of rotatable bonds is 1. The first kappa shape index (κ1) is 9.20. The van der Waals surface area contributed by atoms with Gasteiger partial charge in [0, 0.05) is 10.3 Å². The smallest absolute Gasteiger partial charge is 0.135 e. The molecule has 0 aliphatic carbocycles. The quantitative estimate of drug-likeness (QED) is 0.300. The molecule has 15 heavy (non-hydrogen) atoms. The minimum Gasteiger partial charge on any atom is -0.463 e. The number of fused-ring (bicyclic) bond motifs is 1. The fourth-order valence-corrected chi connectivity index (χ4v) is 1.28. The monoisotopic (exact) mass is 197 g/mol. The zero-order valence-electron chi connectivity index (χ0n) is 7.84. The van der Waals surface area contributed by atoms with E-state index in [9.17, 15) is 0 Å². The van der Waals surface area contributed by atoms with Gasteiger partial charge < -0.3 is 4.42 Å². The van der Waals surface area contributed by atoms with Gasteiger partial charge in [0.25, 0.3) is 0 Å². The highest BCUT2D eigenvalue weighted by molar-refractivity contribution is 5.83. The summed E-state index contributed by atoms with van der Waals surface area (Å²) < 4.78 is 5.30. The molecule has 0 aliphatic heterocycles. The molecule has 0 fully saturated rings. The first-order valence-electron chi connectivity index (χ1n) is 4.38. The lowest BCUT2D eigenvalue weighted by atomic mass is 10.2. The van der Waals surface area contributed by atoms with Crippen molar-refractivity contribution < 1.29 is 4.42 Å². The Balaban J connectivity index is 2.35. The number of hydrogen-bond donors (Lipinski definition) is 0. The van der Waals surface area contributed by atoms with Gasteiger partial charge in [-0.1, -0.05) is 29.1 Å². The number of hydrogen-bond acceptors (Lipinski definition) is 2. The van der Waals surface area contributed by atoms with Crippen molar-refractivity contribution in [3.63, 3.8) is 0 Å². The number of nitrogens with zero attached hydrogens (tertiary/aromatic N) is 3. The minimum atomic E-state index is 0.177. The number of azide groups is 1. The zero-order chi connectivity index (χ0) is 10.5. The van der Waals surface area contributed by atoms with Gasteiger partial charge in [0.15, 0.2) is 0 Å². The van der Waals surface area contributed by atoms with Crippen molar-refractivity contribution >= 4 is 11.0 Å². The lowest BCUT2D eigenvalue weighted by molar-refractivity contribution is 0.615. The van der Waals surface area contributed by atoms with E-state index in [2.05, 4.69) is 21.9 Å². The summed E-state index contributed by atoms with van der Waals surface area (Å²) in [6.45, 7) is 0.177. The maximum atomic E-state index is 8.07. The standard InChI is InChI=1S/C11H7N3O/c12-14-13-7-3-4-9-8-15-11-6-2-1-5-10(9)11/h1-2,5-6,8H,7H2. The van der Waals surface area contributed by atoms with Crippen LogP contribution in [0.15, 0.2) is 40.1 Å². The first-order valence-corrected chi connectivity index (χ1v) is 4.38.